The van der Waals surface area contributed by atoms with Crippen LogP contribution in [0.2, 0.25) is 0 Å². The third-order valence-electron chi connectivity index (χ3n) is 4.67. The van der Waals surface area contributed by atoms with E-state index in [0.29, 0.717) is 17.0 Å². The Balaban J connectivity index is 1.74. The molecule has 0 aromatic heterocycles. The highest BCUT2D eigenvalue weighted by molar-refractivity contribution is 6.08. The van der Waals surface area contributed by atoms with E-state index in [1.54, 1.807) is 36.2 Å². The molecule has 4 heteroatoms. The summed E-state index contributed by atoms with van der Waals surface area (Å²) in [7, 11) is 1.74. The zero-order valence-electron chi connectivity index (χ0n) is 16.3. The van der Waals surface area contributed by atoms with Gasteiger partial charge in [0.15, 0.2) is 0 Å². The van der Waals surface area contributed by atoms with Crippen LogP contribution in [0.3, 0.4) is 0 Å². The molecule has 142 valence electrons. The number of para-hydroxylation sites is 2. The van der Waals surface area contributed by atoms with E-state index in [1.165, 1.54) is 0 Å². The van der Waals surface area contributed by atoms with Crippen LogP contribution in [-0.4, -0.2) is 18.9 Å². The van der Waals surface area contributed by atoms with Gasteiger partial charge in [0.25, 0.3) is 11.8 Å². The van der Waals surface area contributed by atoms with E-state index >= 15 is 0 Å². The number of benzene rings is 3. The molecule has 3 aromatic carbocycles. The maximum absolute atomic E-state index is 12.7. The normalized spacial score (nSPS) is 10.6. The smallest absolute Gasteiger partial charge is 0.258 e. The number of carbonyl (C=O) groups is 2. The molecule has 0 heterocycles. The molecule has 0 aliphatic heterocycles. The van der Waals surface area contributed by atoms with Gasteiger partial charge in [0, 0.05) is 29.5 Å². The SMILES string of the molecule is CC(C)c1ccccc1NC(=O)c1ccc(C(=O)N(C)c2ccccc2)cc1. The fourth-order valence-electron chi connectivity index (χ4n) is 3.04. The first kappa shape index (κ1) is 19.4. The van der Waals surface area contributed by atoms with E-state index in [-0.39, 0.29) is 11.8 Å². The third kappa shape index (κ3) is 4.29. The Kier molecular flexibility index (Phi) is 5.90. The molecule has 0 saturated carbocycles. The lowest BCUT2D eigenvalue weighted by molar-refractivity contribution is 0.0989. The van der Waals surface area contributed by atoms with Crippen LogP contribution in [0.15, 0.2) is 78.9 Å². The summed E-state index contributed by atoms with van der Waals surface area (Å²) < 4.78 is 0. The summed E-state index contributed by atoms with van der Waals surface area (Å²) in [5.41, 5.74) is 3.76. The lowest BCUT2D eigenvalue weighted by Crippen LogP contribution is -2.26. The average molecular weight is 372 g/mol. The van der Waals surface area contributed by atoms with Crippen LogP contribution in [0.1, 0.15) is 46.0 Å². The van der Waals surface area contributed by atoms with Crippen LogP contribution in [0.25, 0.3) is 0 Å². The molecule has 28 heavy (non-hydrogen) atoms. The minimum Gasteiger partial charge on any atom is -0.322 e. The van der Waals surface area contributed by atoms with Gasteiger partial charge in [0.1, 0.15) is 0 Å². The second kappa shape index (κ2) is 8.53. The van der Waals surface area contributed by atoms with Gasteiger partial charge in [-0.05, 0) is 53.9 Å². The van der Waals surface area contributed by atoms with Crippen molar-refractivity contribution in [3.63, 3.8) is 0 Å². The van der Waals surface area contributed by atoms with Gasteiger partial charge in [-0.2, -0.15) is 0 Å². The Morgan fingerprint density at radius 3 is 2.00 bits per heavy atom. The fourth-order valence-corrected chi connectivity index (χ4v) is 3.04. The molecule has 3 rings (SSSR count). The predicted molar refractivity (Wildman–Crippen MR) is 114 cm³/mol. The van der Waals surface area contributed by atoms with Crippen molar-refractivity contribution in [1.82, 2.24) is 0 Å². The highest BCUT2D eigenvalue weighted by Crippen LogP contribution is 2.24. The first-order chi connectivity index (χ1) is 13.5. The summed E-state index contributed by atoms with van der Waals surface area (Å²) in [5, 5.41) is 2.97. The zero-order chi connectivity index (χ0) is 20.1. The van der Waals surface area contributed by atoms with Crippen LogP contribution in [-0.2, 0) is 0 Å². The summed E-state index contributed by atoms with van der Waals surface area (Å²) in [6, 6.07) is 24.0. The first-order valence-corrected chi connectivity index (χ1v) is 9.31. The molecule has 0 bridgehead atoms. The van der Waals surface area contributed by atoms with Crippen LogP contribution < -0.4 is 10.2 Å². The van der Waals surface area contributed by atoms with Gasteiger partial charge < -0.3 is 10.2 Å². The van der Waals surface area contributed by atoms with Crippen molar-refractivity contribution in [1.29, 1.82) is 0 Å². The van der Waals surface area contributed by atoms with E-state index in [9.17, 15) is 9.59 Å². The Labute approximate surface area is 165 Å². The Morgan fingerprint density at radius 2 is 1.36 bits per heavy atom. The van der Waals surface area contributed by atoms with Crippen molar-refractivity contribution in [2.24, 2.45) is 0 Å². The molecule has 0 aliphatic carbocycles. The molecule has 0 radical (unpaired) electrons. The van der Waals surface area contributed by atoms with E-state index in [1.807, 2.05) is 54.6 Å². The lowest BCUT2D eigenvalue weighted by Gasteiger charge is -2.17. The van der Waals surface area contributed by atoms with Gasteiger partial charge in [0.2, 0.25) is 0 Å². The minimum atomic E-state index is -0.191. The van der Waals surface area contributed by atoms with Crippen LogP contribution >= 0.6 is 0 Å². The second-order valence-corrected chi connectivity index (χ2v) is 6.97. The topological polar surface area (TPSA) is 49.4 Å². The van der Waals surface area contributed by atoms with Crippen LogP contribution in [0.4, 0.5) is 11.4 Å². The largest absolute Gasteiger partial charge is 0.322 e. The summed E-state index contributed by atoms with van der Waals surface area (Å²) in [4.78, 5) is 26.9. The molecular formula is C24H24N2O2. The number of carbonyl (C=O) groups excluding carboxylic acids is 2. The molecule has 0 spiro atoms. The highest BCUT2D eigenvalue weighted by Gasteiger charge is 2.15. The lowest BCUT2D eigenvalue weighted by atomic mass is 10.0. The number of rotatable bonds is 5. The summed E-state index contributed by atoms with van der Waals surface area (Å²) >= 11 is 0. The number of hydrogen-bond acceptors (Lipinski definition) is 2. The Bertz CT molecular complexity index is 963. The molecule has 0 saturated heterocycles. The van der Waals surface area contributed by atoms with Gasteiger partial charge in [-0.1, -0.05) is 50.2 Å². The maximum atomic E-state index is 12.7. The third-order valence-corrected chi connectivity index (χ3v) is 4.67. The van der Waals surface area contributed by atoms with E-state index in [4.69, 9.17) is 0 Å². The summed E-state index contributed by atoms with van der Waals surface area (Å²) in [6.07, 6.45) is 0. The summed E-state index contributed by atoms with van der Waals surface area (Å²) in [5.74, 6) is -0.00292. The molecule has 0 atom stereocenters. The number of amides is 2. The maximum Gasteiger partial charge on any atom is 0.258 e. The highest BCUT2D eigenvalue weighted by atomic mass is 16.2. The van der Waals surface area contributed by atoms with Crippen molar-refractivity contribution >= 4 is 23.2 Å². The van der Waals surface area contributed by atoms with E-state index in [0.717, 1.165) is 16.9 Å². The van der Waals surface area contributed by atoms with Crippen molar-refractivity contribution in [3.05, 3.63) is 95.6 Å². The quantitative estimate of drug-likeness (QED) is 0.657. The molecule has 4 nitrogen and oxygen atoms in total. The van der Waals surface area contributed by atoms with Crippen LogP contribution in [0.5, 0.6) is 0 Å². The van der Waals surface area contributed by atoms with Crippen molar-refractivity contribution in [3.8, 4) is 0 Å². The van der Waals surface area contributed by atoms with Gasteiger partial charge in [-0.25, -0.2) is 0 Å². The van der Waals surface area contributed by atoms with Crippen molar-refractivity contribution < 1.29 is 9.59 Å². The molecule has 2 amide bonds. The minimum absolute atomic E-state index is 0.122. The number of nitrogens with zero attached hydrogens (tertiary/aromatic N) is 1. The van der Waals surface area contributed by atoms with E-state index in [2.05, 4.69) is 19.2 Å². The summed E-state index contributed by atoms with van der Waals surface area (Å²) in [6.45, 7) is 4.18. The van der Waals surface area contributed by atoms with Gasteiger partial charge in [-0.15, -0.1) is 0 Å². The van der Waals surface area contributed by atoms with Crippen molar-refractivity contribution in [2.75, 3.05) is 17.3 Å². The van der Waals surface area contributed by atoms with E-state index < -0.39 is 0 Å². The standard InChI is InChI=1S/C24H24N2O2/c1-17(2)21-11-7-8-12-22(21)25-23(27)18-13-15-19(16-14-18)24(28)26(3)20-9-5-4-6-10-20/h4-17H,1-3H3,(H,25,27). The molecule has 0 aliphatic rings. The predicted octanol–water partition coefficient (Wildman–Crippen LogP) is 5.34. The molecular weight excluding hydrogens is 348 g/mol. The van der Waals surface area contributed by atoms with Gasteiger partial charge in [0.05, 0.1) is 0 Å². The van der Waals surface area contributed by atoms with Crippen molar-refractivity contribution in [2.45, 2.75) is 19.8 Å². The first-order valence-electron chi connectivity index (χ1n) is 9.31. The number of nitrogens with one attached hydrogen (secondary N) is 1. The Morgan fingerprint density at radius 1 is 0.786 bits per heavy atom. The Hall–Kier alpha value is -3.40. The monoisotopic (exact) mass is 372 g/mol. The van der Waals surface area contributed by atoms with Gasteiger partial charge in [-0.3, -0.25) is 9.59 Å². The zero-order valence-corrected chi connectivity index (χ0v) is 16.3. The van der Waals surface area contributed by atoms with Crippen LogP contribution in [0, 0.1) is 0 Å². The molecule has 0 fully saturated rings. The molecule has 1 N–H and O–H groups in total. The number of anilines is 2. The fraction of sp³-hybridized carbons (Fsp3) is 0.167. The number of hydrogen-bond donors (Lipinski definition) is 1. The average Bonchev–Trinajstić information content (AvgIpc) is 2.73. The second-order valence-electron chi connectivity index (χ2n) is 6.97. The molecule has 0 unspecified atom stereocenters. The molecule has 3 aromatic rings. The van der Waals surface area contributed by atoms with Gasteiger partial charge >= 0.3 is 0 Å².